The molecule has 0 aliphatic rings. The number of hydrogen-bond donors (Lipinski definition) is 1. The molecule has 1 N–H and O–H groups in total. The Morgan fingerprint density at radius 1 is 1.38 bits per heavy atom. The molecule has 0 aromatic carbocycles. The topological polar surface area (TPSA) is 20.2 Å². The minimum atomic E-state index is 0.173. The highest BCUT2D eigenvalue weighted by Gasteiger charge is 1.84. The molecule has 8 heavy (non-hydrogen) atoms. The zero-order chi connectivity index (χ0) is 6.41. The van der Waals surface area contributed by atoms with Crippen molar-refractivity contribution in [3.63, 3.8) is 0 Å². The van der Waals surface area contributed by atoms with Crippen LogP contribution in [0.3, 0.4) is 0 Å². The van der Waals surface area contributed by atoms with E-state index in [1.807, 2.05) is 6.08 Å². The standard InChI is InChI=1S/C7H14O/c1-7(2)5-3-4-6-8/h3-4,7-8H,5-6H2,1-2H3/b4-3+. The van der Waals surface area contributed by atoms with E-state index in [1.54, 1.807) is 6.08 Å². The van der Waals surface area contributed by atoms with Gasteiger partial charge in [-0.1, -0.05) is 26.0 Å². The van der Waals surface area contributed by atoms with Gasteiger partial charge < -0.3 is 5.11 Å². The number of aliphatic hydroxyl groups is 1. The van der Waals surface area contributed by atoms with Crippen LogP contribution in [0.25, 0.3) is 0 Å². The van der Waals surface area contributed by atoms with Gasteiger partial charge in [-0.2, -0.15) is 0 Å². The number of aliphatic hydroxyl groups excluding tert-OH is 1. The Balaban J connectivity index is 3.03. The molecule has 0 rings (SSSR count). The van der Waals surface area contributed by atoms with Crippen molar-refractivity contribution in [3.05, 3.63) is 12.2 Å². The first-order valence-corrected chi connectivity index (χ1v) is 3.03. The summed E-state index contributed by atoms with van der Waals surface area (Å²) in [6.07, 6.45) is 4.85. The molecule has 0 amide bonds. The van der Waals surface area contributed by atoms with E-state index in [9.17, 15) is 0 Å². The lowest BCUT2D eigenvalue weighted by Gasteiger charge is -1.94. The Morgan fingerprint density at radius 2 is 2.00 bits per heavy atom. The van der Waals surface area contributed by atoms with Crippen LogP contribution in [0.1, 0.15) is 20.3 Å². The maximum Gasteiger partial charge on any atom is 0.0612 e. The third-order valence-electron chi connectivity index (χ3n) is 0.880. The predicted octanol–water partition coefficient (Wildman–Crippen LogP) is 1.58. The van der Waals surface area contributed by atoms with Crippen molar-refractivity contribution in [2.45, 2.75) is 20.3 Å². The minimum absolute atomic E-state index is 0.173. The molecule has 0 aliphatic carbocycles. The van der Waals surface area contributed by atoms with Crippen LogP contribution in [0, 0.1) is 5.92 Å². The molecule has 0 aromatic heterocycles. The van der Waals surface area contributed by atoms with Gasteiger partial charge in [0.2, 0.25) is 0 Å². The van der Waals surface area contributed by atoms with Crippen LogP contribution in [0.5, 0.6) is 0 Å². The molecule has 0 saturated carbocycles. The Morgan fingerprint density at radius 3 is 2.38 bits per heavy atom. The van der Waals surface area contributed by atoms with E-state index in [2.05, 4.69) is 13.8 Å². The zero-order valence-corrected chi connectivity index (χ0v) is 5.59. The largest absolute Gasteiger partial charge is 0.392 e. The molecule has 0 aromatic rings. The van der Waals surface area contributed by atoms with Crippen molar-refractivity contribution >= 4 is 0 Å². The SMILES string of the molecule is CC(C)C/C=C/CO. The summed E-state index contributed by atoms with van der Waals surface area (Å²) in [6, 6.07) is 0. The van der Waals surface area contributed by atoms with Gasteiger partial charge in [-0.05, 0) is 12.3 Å². The summed E-state index contributed by atoms with van der Waals surface area (Å²) in [7, 11) is 0. The third kappa shape index (κ3) is 5.70. The van der Waals surface area contributed by atoms with Crippen LogP contribution in [0.4, 0.5) is 0 Å². The molecule has 0 heterocycles. The van der Waals surface area contributed by atoms with Gasteiger partial charge in [0.1, 0.15) is 0 Å². The second-order valence-corrected chi connectivity index (χ2v) is 2.28. The van der Waals surface area contributed by atoms with Crippen LogP contribution in [-0.2, 0) is 0 Å². The monoisotopic (exact) mass is 114 g/mol. The van der Waals surface area contributed by atoms with Gasteiger partial charge >= 0.3 is 0 Å². The molecule has 0 aliphatic heterocycles. The fourth-order valence-corrected chi connectivity index (χ4v) is 0.443. The van der Waals surface area contributed by atoms with Crippen LogP contribution in [-0.4, -0.2) is 11.7 Å². The quantitative estimate of drug-likeness (QED) is 0.552. The average molecular weight is 114 g/mol. The van der Waals surface area contributed by atoms with Crippen LogP contribution < -0.4 is 0 Å². The summed E-state index contributed by atoms with van der Waals surface area (Å²) in [5.41, 5.74) is 0. The molecular weight excluding hydrogens is 100 g/mol. The van der Waals surface area contributed by atoms with Crippen molar-refractivity contribution in [2.75, 3.05) is 6.61 Å². The van der Waals surface area contributed by atoms with Crippen molar-refractivity contribution in [2.24, 2.45) is 5.92 Å². The fraction of sp³-hybridized carbons (Fsp3) is 0.714. The molecule has 1 nitrogen and oxygen atoms in total. The second-order valence-electron chi connectivity index (χ2n) is 2.28. The van der Waals surface area contributed by atoms with Crippen LogP contribution in [0.15, 0.2) is 12.2 Å². The zero-order valence-electron chi connectivity index (χ0n) is 5.59. The molecule has 0 saturated heterocycles. The minimum Gasteiger partial charge on any atom is -0.392 e. The Kier molecular flexibility index (Phi) is 4.67. The third-order valence-corrected chi connectivity index (χ3v) is 0.880. The first-order valence-electron chi connectivity index (χ1n) is 3.03. The summed E-state index contributed by atoms with van der Waals surface area (Å²) < 4.78 is 0. The summed E-state index contributed by atoms with van der Waals surface area (Å²) in [4.78, 5) is 0. The van der Waals surface area contributed by atoms with E-state index in [1.165, 1.54) is 0 Å². The number of hydrogen-bond acceptors (Lipinski definition) is 1. The molecule has 0 atom stereocenters. The molecule has 0 spiro atoms. The van der Waals surface area contributed by atoms with E-state index in [-0.39, 0.29) is 6.61 Å². The van der Waals surface area contributed by atoms with E-state index in [0.717, 1.165) is 6.42 Å². The molecule has 0 radical (unpaired) electrons. The number of rotatable bonds is 3. The molecule has 0 unspecified atom stereocenters. The first kappa shape index (κ1) is 7.70. The maximum atomic E-state index is 8.29. The van der Waals surface area contributed by atoms with Gasteiger partial charge in [-0.3, -0.25) is 0 Å². The highest BCUT2D eigenvalue weighted by atomic mass is 16.2. The molecule has 0 bridgehead atoms. The fourth-order valence-electron chi connectivity index (χ4n) is 0.443. The smallest absolute Gasteiger partial charge is 0.0612 e. The summed E-state index contributed by atoms with van der Waals surface area (Å²) >= 11 is 0. The van der Waals surface area contributed by atoms with Gasteiger partial charge in [-0.25, -0.2) is 0 Å². The lowest BCUT2D eigenvalue weighted by Crippen LogP contribution is -1.81. The Hall–Kier alpha value is -0.300. The van der Waals surface area contributed by atoms with E-state index >= 15 is 0 Å². The van der Waals surface area contributed by atoms with Gasteiger partial charge in [0.25, 0.3) is 0 Å². The summed E-state index contributed by atoms with van der Waals surface area (Å²) in [5, 5.41) is 8.29. The van der Waals surface area contributed by atoms with Gasteiger partial charge in [-0.15, -0.1) is 0 Å². The normalized spacial score (nSPS) is 11.5. The Labute approximate surface area is 51.0 Å². The van der Waals surface area contributed by atoms with Crippen molar-refractivity contribution in [1.29, 1.82) is 0 Å². The average Bonchev–Trinajstić information content (AvgIpc) is 1.66. The van der Waals surface area contributed by atoms with Crippen LogP contribution >= 0.6 is 0 Å². The predicted molar refractivity (Wildman–Crippen MR) is 35.7 cm³/mol. The molecule has 1 heteroatoms. The highest BCUT2D eigenvalue weighted by molar-refractivity contribution is 4.81. The summed E-state index contributed by atoms with van der Waals surface area (Å²) in [6.45, 7) is 4.48. The van der Waals surface area contributed by atoms with E-state index in [4.69, 9.17) is 5.11 Å². The lowest BCUT2D eigenvalue weighted by molar-refractivity contribution is 0.342. The molecular formula is C7H14O. The first-order chi connectivity index (χ1) is 3.77. The van der Waals surface area contributed by atoms with E-state index in [0.29, 0.717) is 5.92 Å². The summed E-state index contributed by atoms with van der Waals surface area (Å²) in [5.74, 6) is 0.706. The maximum absolute atomic E-state index is 8.29. The van der Waals surface area contributed by atoms with Crippen molar-refractivity contribution in [1.82, 2.24) is 0 Å². The van der Waals surface area contributed by atoms with E-state index < -0.39 is 0 Å². The van der Waals surface area contributed by atoms with Crippen molar-refractivity contribution < 1.29 is 5.11 Å². The lowest BCUT2D eigenvalue weighted by atomic mass is 10.1. The molecule has 0 fully saturated rings. The van der Waals surface area contributed by atoms with Gasteiger partial charge in [0, 0.05) is 0 Å². The second kappa shape index (κ2) is 4.85. The van der Waals surface area contributed by atoms with Crippen molar-refractivity contribution in [3.8, 4) is 0 Å². The molecule has 48 valence electrons. The Bertz CT molecular complexity index is 64.8. The van der Waals surface area contributed by atoms with Gasteiger partial charge in [0.15, 0.2) is 0 Å². The highest BCUT2D eigenvalue weighted by Crippen LogP contribution is 1.98. The number of allylic oxidation sites excluding steroid dienone is 1. The van der Waals surface area contributed by atoms with Gasteiger partial charge in [0.05, 0.1) is 6.61 Å². The van der Waals surface area contributed by atoms with Crippen LogP contribution in [0.2, 0.25) is 0 Å².